The Hall–Kier alpha value is -1.63. The van der Waals surface area contributed by atoms with Crippen molar-refractivity contribution in [3.63, 3.8) is 0 Å². The summed E-state index contributed by atoms with van der Waals surface area (Å²) in [6, 6.07) is 7.60. The van der Waals surface area contributed by atoms with Crippen LogP contribution in [0.15, 0.2) is 24.3 Å². The summed E-state index contributed by atoms with van der Waals surface area (Å²) < 4.78 is 5.51. The Bertz CT molecular complexity index is 519. The minimum absolute atomic E-state index is 0. The molecule has 0 aromatic heterocycles. The summed E-state index contributed by atoms with van der Waals surface area (Å²) in [7, 11) is 0. The maximum atomic E-state index is 12.6. The van der Waals surface area contributed by atoms with Crippen molar-refractivity contribution in [2.75, 3.05) is 31.1 Å². The van der Waals surface area contributed by atoms with Crippen LogP contribution in [-0.2, 0) is 14.3 Å². The molecule has 1 heterocycles. The number of hydrogen-bond acceptors (Lipinski definition) is 4. The molecule has 0 aliphatic carbocycles. The third kappa shape index (κ3) is 4.98. The van der Waals surface area contributed by atoms with Crippen LogP contribution in [0.3, 0.4) is 0 Å². The molecule has 1 aliphatic heterocycles. The van der Waals surface area contributed by atoms with Gasteiger partial charge in [-0.2, -0.15) is 0 Å². The Balaban J connectivity index is 0.00000242. The quantitative estimate of drug-likeness (QED) is 0.830. The van der Waals surface area contributed by atoms with Gasteiger partial charge >= 0.3 is 0 Å². The minimum atomic E-state index is -0.521. The second-order valence-electron chi connectivity index (χ2n) is 5.11. The molecule has 2 amide bonds. The van der Waals surface area contributed by atoms with Crippen LogP contribution in [-0.4, -0.2) is 44.2 Å². The molecular formula is C15H22ClN3O3. The second kappa shape index (κ2) is 8.73. The Morgan fingerprint density at radius 1 is 1.45 bits per heavy atom. The number of nitrogens with zero attached hydrogens (tertiary/aromatic N) is 1. The number of nitrogens with two attached hydrogens (primary N) is 1. The first kappa shape index (κ1) is 18.4. The monoisotopic (exact) mass is 327 g/mol. The molecular weight excluding hydrogens is 306 g/mol. The highest BCUT2D eigenvalue weighted by atomic mass is 35.5. The third-order valence-electron chi connectivity index (χ3n) is 3.36. The van der Waals surface area contributed by atoms with Gasteiger partial charge in [-0.1, -0.05) is 12.1 Å². The molecule has 6 nitrogen and oxygen atoms in total. The highest BCUT2D eigenvalue weighted by Gasteiger charge is 2.28. The molecule has 0 bridgehead atoms. The van der Waals surface area contributed by atoms with E-state index in [-0.39, 0.29) is 31.3 Å². The number of rotatable bonds is 5. The maximum absolute atomic E-state index is 12.6. The molecule has 1 fully saturated rings. The van der Waals surface area contributed by atoms with E-state index in [0.29, 0.717) is 13.2 Å². The van der Waals surface area contributed by atoms with E-state index in [1.807, 2.05) is 31.2 Å². The van der Waals surface area contributed by atoms with E-state index in [0.717, 1.165) is 17.8 Å². The number of nitrogens with one attached hydrogen (secondary N) is 1. The zero-order chi connectivity index (χ0) is 15.2. The summed E-state index contributed by atoms with van der Waals surface area (Å²) in [5.74, 6) is -0.572. The molecule has 3 N–H and O–H groups in total. The van der Waals surface area contributed by atoms with Crippen LogP contribution in [0, 0.1) is 6.92 Å². The van der Waals surface area contributed by atoms with Gasteiger partial charge in [0, 0.05) is 31.7 Å². The van der Waals surface area contributed by atoms with Crippen LogP contribution >= 0.6 is 12.4 Å². The summed E-state index contributed by atoms with van der Waals surface area (Å²) in [5.41, 5.74) is 7.01. The van der Waals surface area contributed by atoms with Gasteiger partial charge in [-0.15, -0.1) is 12.4 Å². The zero-order valence-electron chi connectivity index (χ0n) is 12.6. The van der Waals surface area contributed by atoms with Crippen molar-refractivity contribution in [3.05, 3.63) is 29.8 Å². The van der Waals surface area contributed by atoms with Crippen LogP contribution in [0.1, 0.15) is 12.0 Å². The van der Waals surface area contributed by atoms with Gasteiger partial charge in [-0.25, -0.2) is 0 Å². The van der Waals surface area contributed by atoms with Gasteiger partial charge in [0.25, 0.3) is 5.91 Å². The van der Waals surface area contributed by atoms with Gasteiger partial charge in [0.2, 0.25) is 5.91 Å². The predicted octanol–water partition coefficient (Wildman–Crippen LogP) is 0.614. The van der Waals surface area contributed by atoms with E-state index in [4.69, 9.17) is 10.5 Å². The van der Waals surface area contributed by atoms with E-state index in [1.54, 1.807) is 4.90 Å². The number of anilines is 1. The summed E-state index contributed by atoms with van der Waals surface area (Å²) in [4.78, 5) is 25.3. The Labute approximate surface area is 136 Å². The molecule has 22 heavy (non-hydrogen) atoms. The smallest absolute Gasteiger partial charge is 0.257 e. The standard InChI is InChI=1S/C15H21N3O3.ClH/c1-11-3-2-4-12(9-11)18(7-5-14(16)19)15(20)13-10-17-6-8-21-13;/h2-4,9,13,17H,5-8,10H2,1H3,(H2,16,19);1H. The number of amides is 2. The van der Waals surface area contributed by atoms with Gasteiger partial charge in [-0.05, 0) is 24.6 Å². The lowest BCUT2D eigenvalue weighted by Gasteiger charge is -2.30. The van der Waals surface area contributed by atoms with E-state index in [2.05, 4.69) is 5.32 Å². The van der Waals surface area contributed by atoms with Gasteiger partial charge in [0.05, 0.1) is 6.61 Å². The molecule has 1 aromatic carbocycles. The summed E-state index contributed by atoms with van der Waals surface area (Å²) in [6.07, 6.45) is -0.396. The number of aryl methyl sites for hydroxylation is 1. The lowest BCUT2D eigenvalue weighted by Crippen LogP contribution is -2.50. The number of ether oxygens (including phenoxy) is 1. The fourth-order valence-corrected chi connectivity index (χ4v) is 2.28. The van der Waals surface area contributed by atoms with Crippen molar-refractivity contribution in [1.29, 1.82) is 0 Å². The fourth-order valence-electron chi connectivity index (χ4n) is 2.28. The number of carbonyl (C=O) groups is 2. The molecule has 1 aromatic rings. The summed E-state index contributed by atoms with van der Waals surface area (Å²) in [5, 5.41) is 3.13. The Kier molecular flexibility index (Phi) is 7.31. The third-order valence-corrected chi connectivity index (χ3v) is 3.36. The maximum Gasteiger partial charge on any atom is 0.257 e. The van der Waals surface area contributed by atoms with Gasteiger partial charge in [0.15, 0.2) is 0 Å². The first-order valence-corrected chi connectivity index (χ1v) is 7.06. The molecule has 1 unspecified atom stereocenters. The van der Waals surface area contributed by atoms with Crippen molar-refractivity contribution in [2.45, 2.75) is 19.4 Å². The van der Waals surface area contributed by atoms with Crippen molar-refractivity contribution in [1.82, 2.24) is 5.32 Å². The van der Waals surface area contributed by atoms with Crippen LogP contribution in [0.4, 0.5) is 5.69 Å². The first-order valence-electron chi connectivity index (χ1n) is 7.06. The normalized spacial score (nSPS) is 17.4. The van der Waals surface area contributed by atoms with Crippen LogP contribution in [0.25, 0.3) is 0 Å². The zero-order valence-corrected chi connectivity index (χ0v) is 13.4. The lowest BCUT2D eigenvalue weighted by atomic mass is 10.1. The van der Waals surface area contributed by atoms with Gasteiger partial charge in [-0.3, -0.25) is 9.59 Å². The number of halogens is 1. The second-order valence-corrected chi connectivity index (χ2v) is 5.11. The Morgan fingerprint density at radius 3 is 2.82 bits per heavy atom. The molecule has 0 radical (unpaired) electrons. The largest absolute Gasteiger partial charge is 0.370 e. The topological polar surface area (TPSA) is 84.7 Å². The lowest BCUT2D eigenvalue weighted by molar-refractivity contribution is -0.131. The average molecular weight is 328 g/mol. The first-order chi connectivity index (χ1) is 10.1. The molecule has 7 heteroatoms. The molecule has 122 valence electrons. The number of carbonyl (C=O) groups excluding carboxylic acids is 2. The van der Waals surface area contributed by atoms with Crippen molar-refractivity contribution in [2.24, 2.45) is 5.73 Å². The molecule has 0 spiro atoms. The summed E-state index contributed by atoms with van der Waals surface area (Å²) >= 11 is 0. The summed E-state index contributed by atoms with van der Waals surface area (Å²) in [6.45, 7) is 3.96. The molecule has 1 atom stereocenters. The molecule has 1 saturated heterocycles. The number of morpholine rings is 1. The SMILES string of the molecule is Cc1cccc(N(CCC(N)=O)C(=O)C2CNCCO2)c1.Cl. The van der Waals surface area contributed by atoms with Gasteiger partial charge < -0.3 is 20.7 Å². The van der Waals surface area contributed by atoms with Crippen molar-refractivity contribution in [3.8, 4) is 0 Å². The highest BCUT2D eigenvalue weighted by molar-refractivity contribution is 5.97. The number of hydrogen-bond donors (Lipinski definition) is 2. The molecule has 2 rings (SSSR count). The van der Waals surface area contributed by atoms with E-state index in [9.17, 15) is 9.59 Å². The van der Waals surface area contributed by atoms with Crippen molar-refractivity contribution < 1.29 is 14.3 Å². The van der Waals surface area contributed by atoms with Crippen LogP contribution in [0.5, 0.6) is 0 Å². The number of benzene rings is 1. The minimum Gasteiger partial charge on any atom is -0.370 e. The van der Waals surface area contributed by atoms with E-state index in [1.165, 1.54) is 0 Å². The van der Waals surface area contributed by atoms with E-state index >= 15 is 0 Å². The van der Waals surface area contributed by atoms with Gasteiger partial charge in [0.1, 0.15) is 6.10 Å². The fraction of sp³-hybridized carbons (Fsp3) is 0.467. The van der Waals surface area contributed by atoms with E-state index < -0.39 is 12.0 Å². The molecule has 1 aliphatic rings. The van der Waals surface area contributed by atoms with Crippen LogP contribution in [0.2, 0.25) is 0 Å². The molecule has 0 saturated carbocycles. The average Bonchev–Trinajstić information content (AvgIpc) is 2.48. The van der Waals surface area contributed by atoms with Crippen LogP contribution < -0.4 is 16.0 Å². The Morgan fingerprint density at radius 2 is 2.23 bits per heavy atom. The van der Waals surface area contributed by atoms with Crippen molar-refractivity contribution >= 4 is 29.9 Å². The highest BCUT2D eigenvalue weighted by Crippen LogP contribution is 2.18. The number of primary amides is 1. The predicted molar refractivity (Wildman–Crippen MR) is 87.2 cm³/mol.